The van der Waals surface area contributed by atoms with Gasteiger partial charge in [0.25, 0.3) is 5.56 Å². The third-order valence-electron chi connectivity index (χ3n) is 5.48. The van der Waals surface area contributed by atoms with Gasteiger partial charge in [-0.25, -0.2) is 4.79 Å². The highest BCUT2D eigenvalue weighted by molar-refractivity contribution is 5.96. The molecule has 8 nitrogen and oxygen atoms in total. The number of benzene rings is 2. The van der Waals surface area contributed by atoms with Crippen LogP contribution in [0.5, 0.6) is 11.5 Å². The topological polar surface area (TPSA) is 84.6 Å². The van der Waals surface area contributed by atoms with Gasteiger partial charge in [-0.1, -0.05) is 18.2 Å². The largest absolute Gasteiger partial charge is 0.493 e. The summed E-state index contributed by atoms with van der Waals surface area (Å²) >= 11 is 0. The third kappa shape index (κ3) is 4.32. The molecule has 0 amide bonds. The van der Waals surface area contributed by atoms with Crippen LogP contribution in [0.2, 0.25) is 0 Å². The van der Waals surface area contributed by atoms with Gasteiger partial charge in [-0.05, 0) is 48.7 Å². The number of carbonyl (C=O) groups is 1. The SMILES string of the molecule is COC(=O)c1cn(CCc2ccc(OC)c(OC)c2)cc2c(=O)n(-c3cccc(C)c3)nc1-2. The van der Waals surface area contributed by atoms with Crippen LogP contribution in [0.3, 0.4) is 0 Å². The van der Waals surface area contributed by atoms with Crippen LogP contribution in [-0.2, 0) is 17.7 Å². The number of aromatic nitrogens is 3. The average Bonchev–Trinajstić information content (AvgIpc) is 3.17. The summed E-state index contributed by atoms with van der Waals surface area (Å²) in [6, 6.07) is 13.2. The van der Waals surface area contributed by atoms with E-state index in [1.165, 1.54) is 11.8 Å². The fourth-order valence-electron chi connectivity index (χ4n) is 3.78. The zero-order valence-corrected chi connectivity index (χ0v) is 19.0. The van der Waals surface area contributed by atoms with Gasteiger partial charge < -0.3 is 18.8 Å². The minimum atomic E-state index is -0.547. The van der Waals surface area contributed by atoms with Crippen molar-refractivity contribution in [2.45, 2.75) is 19.9 Å². The van der Waals surface area contributed by atoms with Crippen molar-refractivity contribution >= 4 is 5.97 Å². The van der Waals surface area contributed by atoms with Gasteiger partial charge in [0, 0.05) is 18.9 Å². The Balaban J connectivity index is 1.74. The van der Waals surface area contributed by atoms with Crippen LogP contribution >= 0.6 is 0 Å². The molecule has 0 aliphatic carbocycles. The number of ether oxygens (including phenoxy) is 3. The molecule has 2 aromatic carbocycles. The fraction of sp³-hybridized carbons (Fsp3) is 0.240. The van der Waals surface area contributed by atoms with E-state index in [1.807, 2.05) is 54.0 Å². The van der Waals surface area contributed by atoms with Gasteiger partial charge in [0.15, 0.2) is 11.5 Å². The Bertz CT molecular complexity index is 1340. The number of carbonyl (C=O) groups excluding carboxylic acids is 1. The molecule has 2 heterocycles. The van der Waals surface area contributed by atoms with Crippen LogP contribution in [0, 0.1) is 6.92 Å². The first-order chi connectivity index (χ1) is 15.9. The van der Waals surface area contributed by atoms with Crippen molar-refractivity contribution in [1.82, 2.24) is 14.3 Å². The van der Waals surface area contributed by atoms with Gasteiger partial charge in [0.2, 0.25) is 0 Å². The zero-order valence-electron chi connectivity index (χ0n) is 19.0. The first-order valence-corrected chi connectivity index (χ1v) is 10.4. The van der Waals surface area contributed by atoms with Crippen molar-refractivity contribution in [3.8, 4) is 28.4 Å². The lowest BCUT2D eigenvalue weighted by molar-refractivity contribution is 0.0600. The maximum atomic E-state index is 13.2. The summed E-state index contributed by atoms with van der Waals surface area (Å²) in [6.45, 7) is 2.48. The number of fused-ring (bicyclic) bond motifs is 1. The Kier molecular flexibility index (Phi) is 6.17. The Morgan fingerprint density at radius 1 is 1.00 bits per heavy atom. The molecule has 8 heteroatoms. The van der Waals surface area contributed by atoms with Gasteiger partial charge in [-0.3, -0.25) is 4.79 Å². The molecule has 2 aliphatic heterocycles. The second-order valence-electron chi connectivity index (χ2n) is 7.66. The summed E-state index contributed by atoms with van der Waals surface area (Å²) in [5.41, 5.74) is 3.29. The number of methoxy groups -OCH3 is 3. The minimum absolute atomic E-state index is 0.241. The molecule has 0 aromatic heterocycles. The van der Waals surface area contributed by atoms with Crippen molar-refractivity contribution in [3.05, 3.63) is 81.9 Å². The molecule has 0 fully saturated rings. The standard InChI is InChI=1S/C25H25N3O5/c1-16-6-5-7-18(12-16)28-24(29)19-14-27(15-20(23(19)26-28)25(30)33-4)11-10-17-8-9-21(31-2)22(13-17)32-3/h5-9,12-15H,10-11H2,1-4H3. The van der Waals surface area contributed by atoms with Gasteiger partial charge in [0.1, 0.15) is 11.3 Å². The molecule has 0 radical (unpaired) electrons. The van der Waals surface area contributed by atoms with Crippen molar-refractivity contribution in [1.29, 1.82) is 0 Å². The monoisotopic (exact) mass is 447 g/mol. The summed E-state index contributed by atoms with van der Waals surface area (Å²) in [7, 11) is 4.49. The van der Waals surface area contributed by atoms with Crippen molar-refractivity contribution in [2.75, 3.05) is 21.3 Å². The van der Waals surface area contributed by atoms with E-state index in [-0.39, 0.29) is 11.1 Å². The lowest BCUT2D eigenvalue weighted by Crippen LogP contribution is -2.16. The minimum Gasteiger partial charge on any atom is -0.493 e. The summed E-state index contributed by atoms with van der Waals surface area (Å²) < 4.78 is 18.8. The highest BCUT2D eigenvalue weighted by Crippen LogP contribution is 2.28. The Morgan fingerprint density at radius 3 is 2.48 bits per heavy atom. The molecule has 2 aliphatic rings. The van der Waals surface area contributed by atoms with E-state index in [2.05, 4.69) is 5.10 Å². The fourth-order valence-corrected chi connectivity index (χ4v) is 3.78. The van der Waals surface area contributed by atoms with E-state index in [9.17, 15) is 9.59 Å². The maximum Gasteiger partial charge on any atom is 0.341 e. The van der Waals surface area contributed by atoms with Crippen LogP contribution in [-0.4, -0.2) is 41.6 Å². The smallest absolute Gasteiger partial charge is 0.341 e. The lowest BCUT2D eigenvalue weighted by Gasteiger charge is -2.13. The number of hydrogen-bond donors (Lipinski definition) is 0. The Hall–Kier alpha value is -4.07. The zero-order chi connectivity index (χ0) is 23.5. The molecule has 2 aromatic rings. The van der Waals surface area contributed by atoms with Crippen LogP contribution in [0.25, 0.3) is 16.9 Å². The Labute approximate surface area is 191 Å². The van der Waals surface area contributed by atoms with Crippen LogP contribution in [0.15, 0.2) is 59.7 Å². The van der Waals surface area contributed by atoms with Gasteiger partial charge in [-0.2, -0.15) is 9.78 Å². The lowest BCUT2D eigenvalue weighted by atomic mass is 10.1. The van der Waals surface area contributed by atoms with Crippen molar-refractivity contribution in [2.24, 2.45) is 0 Å². The average molecular weight is 447 g/mol. The number of hydrogen-bond acceptors (Lipinski definition) is 6. The maximum absolute atomic E-state index is 13.2. The molecule has 0 N–H and O–H groups in total. The van der Waals surface area contributed by atoms with Gasteiger partial charge >= 0.3 is 5.97 Å². The van der Waals surface area contributed by atoms with E-state index in [0.29, 0.717) is 41.4 Å². The van der Waals surface area contributed by atoms with E-state index in [1.54, 1.807) is 26.6 Å². The molecule has 0 unspecified atom stereocenters. The van der Waals surface area contributed by atoms with Crippen LogP contribution < -0.4 is 15.0 Å². The predicted molar refractivity (Wildman–Crippen MR) is 124 cm³/mol. The summed E-state index contributed by atoms with van der Waals surface area (Å²) in [5, 5.41) is 4.45. The first-order valence-electron chi connectivity index (χ1n) is 10.4. The number of aryl methyl sites for hydroxylation is 3. The van der Waals surface area contributed by atoms with E-state index in [0.717, 1.165) is 11.1 Å². The van der Waals surface area contributed by atoms with Crippen molar-refractivity contribution < 1.29 is 19.0 Å². The molecule has 0 bridgehead atoms. The van der Waals surface area contributed by atoms with E-state index in [4.69, 9.17) is 14.2 Å². The second kappa shape index (κ2) is 9.20. The van der Waals surface area contributed by atoms with E-state index >= 15 is 0 Å². The quantitative estimate of drug-likeness (QED) is 0.403. The van der Waals surface area contributed by atoms with Gasteiger partial charge in [-0.15, -0.1) is 0 Å². The van der Waals surface area contributed by atoms with Gasteiger partial charge in [0.05, 0.1) is 32.6 Å². The number of nitrogens with zero attached hydrogens (tertiary/aromatic N) is 3. The molecule has 0 saturated carbocycles. The predicted octanol–water partition coefficient (Wildman–Crippen LogP) is 3.49. The normalized spacial score (nSPS) is 10.9. The summed E-state index contributed by atoms with van der Waals surface area (Å²) in [6.07, 6.45) is 4.05. The first kappa shape index (κ1) is 22.1. The van der Waals surface area contributed by atoms with E-state index < -0.39 is 5.97 Å². The molecule has 4 rings (SSSR count). The molecule has 33 heavy (non-hydrogen) atoms. The third-order valence-corrected chi connectivity index (χ3v) is 5.48. The molecule has 0 saturated heterocycles. The summed E-state index contributed by atoms with van der Waals surface area (Å²) in [5.74, 6) is 0.754. The van der Waals surface area contributed by atoms with Crippen LogP contribution in [0.4, 0.5) is 0 Å². The number of esters is 1. The molecule has 0 spiro atoms. The highest BCUT2D eigenvalue weighted by atomic mass is 16.5. The number of pyridine rings is 1. The molecule has 170 valence electrons. The molecular formula is C25H25N3O5. The Morgan fingerprint density at radius 2 is 1.79 bits per heavy atom. The molecular weight excluding hydrogens is 422 g/mol. The van der Waals surface area contributed by atoms with Crippen molar-refractivity contribution in [3.63, 3.8) is 0 Å². The molecule has 0 atom stereocenters. The van der Waals surface area contributed by atoms with Crippen LogP contribution in [0.1, 0.15) is 21.5 Å². The number of rotatable bonds is 7. The second-order valence-corrected chi connectivity index (χ2v) is 7.66. The highest BCUT2D eigenvalue weighted by Gasteiger charge is 2.25. The summed E-state index contributed by atoms with van der Waals surface area (Å²) in [4.78, 5) is 25.7.